The molecule has 5 amide bonds. The summed E-state index contributed by atoms with van der Waals surface area (Å²) in [6.45, 7) is 2.68. The van der Waals surface area contributed by atoms with E-state index >= 15 is 0 Å². The first-order valence-corrected chi connectivity index (χ1v) is 25.3. The van der Waals surface area contributed by atoms with E-state index in [1.807, 2.05) is 0 Å². The van der Waals surface area contributed by atoms with Crippen LogP contribution in [0.25, 0.3) is 0 Å². The Kier molecular flexibility index (Phi) is 35.8. The van der Waals surface area contributed by atoms with Crippen LogP contribution in [0, 0.1) is 17.8 Å². The van der Waals surface area contributed by atoms with E-state index in [0.29, 0.717) is 6.42 Å². The predicted molar refractivity (Wildman–Crippen MR) is 269 cm³/mol. The summed E-state index contributed by atoms with van der Waals surface area (Å²) in [7, 11) is 1.34. The second-order valence-electron chi connectivity index (χ2n) is 18.3. The van der Waals surface area contributed by atoms with Crippen LogP contribution in [-0.4, -0.2) is 131 Å². The van der Waals surface area contributed by atoms with Crippen molar-refractivity contribution in [2.24, 2.45) is 56.4 Å². The van der Waals surface area contributed by atoms with E-state index in [4.69, 9.17) is 28.7 Å². The molecule has 0 heterocycles. The van der Waals surface area contributed by atoms with E-state index in [0.717, 1.165) is 25.7 Å². The lowest BCUT2D eigenvalue weighted by Crippen LogP contribution is -2.50. The number of aliphatic hydroxyl groups excluding tert-OH is 2. The monoisotopic (exact) mass is 1010 g/mol. The smallest absolute Gasteiger partial charge is 0.305 e. The van der Waals surface area contributed by atoms with Crippen LogP contribution in [0.5, 0.6) is 0 Å². The Morgan fingerprint density at radius 1 is 0.521 bits per heavy atom. The summed E-state index contributed by atoms with van der Waals surface area (Å²) in [5.74, 6) is -12.0. The van der Waals surface area contributed by atoms with Crippen molar-refractivity contribution in [2.75, 3.05) is 26.7 Å². The van der Waals surface area contributed by atoms with Gasteiger partial charge in [-0.1, -0.05) is 84.0 Å². The summed E-state index contributed by atoms with van der Waals surface area (Å²) in [5.41, 5.74) is 26.9. The molecule has 0 saturated heterocycles. The third-order valence-corrected chi connectivity index (χ3v) is 12.1. The molecular weight excluding hydrogens is 923 g/mol. The molecule has 71 heavy (non-hydrogen) atoms. The van der Waals surface area contributed by atoms with E-state index in [-0.39, 0.29) is 75.9 Å². The van der Waals surface area contributed by atoms with E-state index in [9.17, 15) is 58.5 Å². The first kappa shape index (κ1) is 65.3. The van der Waals surface area contributed by atoms with Crippen LogP contribution >= 0.6 is 0 Å². The normalized spacial score (nSPS) is 14.0. The summed E-state index contributed by atoms with van der Waals surface area (Å²) < 4.78 is 0. The Morgan fingerprint density at radius 2 is 0.972 bits per heavy atom. The van der Waals surface area contributed by atoms with Crippen molar-refractivity contribution in [1.82, 2.24) is 21.3 Å². The highest BCUT2D eigenvalue weighted by atomic mass is 16.4. The van der Waals surface area contributed by atoms with Crippen LogP contribution in [0.2, 0.25) is 0 Å². The molecule has 17 N–H and O–H groups in total. The number of carboxylic acid groups (broad SMARTS) is 1. The third-order valence-electron chi connectivity index (χ3n) is 12.1. The van der Waals surface area contributed by atoms with Gasteiger partial charge in [-0.25, -0.2) is 0 Å². The number of hydrogen-bond donors (Lipinski definition) is 12. The molecule has 23 heteroatoms. The number of amides is 5. The fourth-order valence-electron chi connectivity index (χ4n) is 7.89. The molecule has 0 aliphatic heterocycles. The number of ketones is 3. The maximum atomic E-state index is 13.7. The largest absolute Gasteiger partial charge is 0.481 e. The molecular formula is C48H87N11O12. The van der Waals surface area contributed by atoms with Crippen molar-refractivity contribution >= 4 is 64.8 Å². The molecule has 0 aromatic heterocycles. The predicted octanol–water partition coefficient (Wildman–Crippen LogP) is 0.615. The van der Waals surface area contributed by atoms with Gasteiger partial charge >= 0.3 is 5.97 Å². The summed E-state index contributed by atoms with van der Waals surface area (Å²) >= 11 is 0. The lowest BCUT2D eigenvalue weighted by atomic mass is 9.89. The number of aliphatic imine (C=N–C) groups is 2. The van der Waals surface area contributed by atoms with Crippen LogP contribution in [0.1, 0.15) is 168 Å². The molecule has 0 spiro atoms. The SMILES string of the molecule is CCCCCCCCCCCCCCCC(=O)N[C@@H](CCCN=C(N)N)C(=O)C[C@@H](CO)C(=O)N[C@@H](CC(=O)O)C(=O)C[C@H](C(=O)N[C@@H](CCCN=C(N)N)C(=O)C[C@@H](CCC(N)=O)C(=O)NC)[C@@H](C)O. The summed E-state index contributed by atoms with van der Waals surface area (Å²) in [4.78, 5) is 125. The molecule has 0 rings (SSSR count). The standard InChI is InChI=1S/C48H87N11O12/c1-4-5-6-7-8-9-10-11-12-13-14-15-16-21-42(66)57-35(19-17-24-55-47(50)51)39(63)27-33(30-60)45(70)59-37(29-43(67)68)40(64)28-34(31(2)61)46(71)58-36(20-18-25-56-48(52)53)38(62)26-32(44(69)54-3)22-23-41(49)65/h31-37,60-61H,4-30H2,1-3H3,(H2,49,65)(H,54,69)(H,57,66)(H,58,71)(H,59,70)(H,67,68)(H4,50,51,55)(H4,52,53,56)/t31-,32-,33+,34+,35+,36+,37+/m1/s1. The maximum absolute atomic E-state index is 13.7. The minimum absolute atomic E-state index is 0.0477. The Balaban J connectivity index is 5.94. The van der Waals surface area contributed by atoms with Crippen molar-refractivity contribution in [2.45, 2.75) is 192 Å². The number of hydrogen-bond acceptors (Lipinski definition) is 13. The molecule has 0 aromatic rings. The number of nitrogens with zero attached hydrogens (tertiary/aromatic N) is 2. The van der Waals surface area contributed by atoms with Gasteiger partial charge in [-0.3, -0.25) is 53.1 Å². The number of nitrogens with one attached hydrogen (secondary N) is 4. The van der Waals surface area contributed by atoms with E-state index in [1.165, 1.54) is 65.3 Å². The number of carboxylic acids is 1. The number of carbonyl (C=O) groups excluding carboxylic acids is 8. The maximum Gasteiger partial charge on any atom is 0.305 e. The van der Waals surface area contributed by atoms with E-state index < -0.39 is 121 Å². The average Bonchev–Trinajstić information content (AvgIpc) is 3.30. The molecule has 0 unspecified atom stereocenters. The summed E-state index contributed by atoms with van der Waals surface area (Å²) in [6, 6.07) is -4.19. The van der Waals surface area contributed by atoms with Crippen molar-refractivity contribution in [1.29, 1.82) is 0 Å². The number of carbonyl (C=O) groups is 9. The Morgan fingerprint density at radius 3 is 1.41 bits per heavy atom. The topological polar surface area (TPSA) is 417 Å². The van der Waals surface area contributed by atoms with Gasteiger partial charge in [0.05, 0.1) is 49.1 Å². The van der Waals surface area contributed by atoms with Gasteiger partial charge in [0.2, 0.25) is 29.5 Å². The fourth-order valence-corrected chi connectivity index (χ4v) is 7.89. The zero-order valence-electron chi connectivity index (χ0n) is 42.4. The highest BCUT2D eigenvalue weighted by Gasteiger charge is 2.36. The van der Waals surface area contributed by atoms with Gasteiger partial charge in [-0.15, -0.1) is 0 Å². The minimum atomic E-state index is -1.80. The van der Waals surface area contributed by atoms with E-state index in [1.54, 1.807) is 0 Å². The number of primary amides is 1. The highest BCUT2D eigenvalue weighted by Crippen LogP contribution is 2.20. The molecule has 23 nitrogen and oxygen atoms in total. The first-order valence-electron chi connectivity index (χ1n) is 25.3. The number of Topliss-reactive ketones (excluding diaryl/α,β-unsaturated/α-hetero) is 3. The average molecular weight is 1010 g/mol. The van der Waals surface area contributed by atoms with Gasteiger partial charge in [0.1, 0.15) is 0 Å². The van der Waals surface area contributed by atoms with Gasteiger partial charge in [0.15, 0.2) is 29.3 Å². The fraction of sp³-hybridized carbons (Fsp3) is 0.771. The summed E-state index contributed by atoms with van der Waals surface area (Å²) in [5, 5.41) is 40.6. The number of nitrogens with two attached hydrogens (primary N) is 5. The summed E-state index contributed by atoms with van der Waals surface area (Å²) in [6.07, 6.45) is 10.6. The van der Waals surface area contributed by atoms with Crippen molar-refractivity contribution < 1.29 is 58.5 Å². The zero-order chi connectivity index (χ0) is 53.7. The molecule has 0 fully saturated rings. The van der Waals surface area contributed by atoms with Crippen molar-refractivity contribution in [3.8, 4) is 0 Å². The molecule has 406 valence electrons. The van der Waals surface area contributed by atoms with Crippen LogP contribution < -0.4 is 49.9 Å². The van der Waals surface area contributed by atoms with Crippen LogP contribution in [0.3, 0.4) is 0 Å². The number of aliphatic carboxylic acids is 1. The Bertz CT molecular complexity index is 1720. The Hall–Kier alpha value is -5.71. The van der Waals surface area contributed by atoms with E-state index in [2.05, 4.69) is 38.2 Å². The molecule has 0 bridgehead atoms. The third kappa shape index (κ3) is 32.0. The second-order valence-corrected chi connectivity index (χ2v) is 18.3. The lowest BCUT2D eigenvalue weighted by molar-refractivity contribution is -0.142. The zero-order valence-corrected chi connectivity index (χ0v) is 42.4. The minimum Gasteiger partial charge on any atom is -0.481 e. The van der Waals surface area contributed by atoms with Crippen molar-refractivity contribution in [3.05, 3.63) is 0 Å². The van der Waals surface area contributed by atoms with Gasteiger partial charge in [0.25, 0.3) is 0 Å². The van der Waals surface area contributed by atoms with Gasteiger partial charge in [-0.2, -0.15) is 0 Å². The number of guanidine groups is 2. The van der Waals surface area contributed by atoms with Crippen LogP contribution in [0.4, 0.5) is 0 Å². The molecule has 0 saturated carbocycles. The van der Waals surface area contributed by atoms with Gasteiger partial charge < -0.3 is 65.3 Å². The van der Waals surface area contributed by atoms with Crippen LogP contribution in [0.15, 0.2) is 9.98 Å². The van der Waals surface area contributed by atoms with Gasteiger partial charge in [-0.05, 0) is 45.4 Å². The molecule has 7 atom stereocenters. The Labute approximate surface area is 418 Å². The highest BCUT2D eigenvalue weighted by molar-refractivity contribution is 5.98. The number of unbranched alkanes of at least 4 members (excludes halogenated alkanes) is 12. The number of rotatable bonds is 44. The molecule has 0 aromatic carbocycles. The first-order chi connectivity index (χ1) is 33.7. The van der Waals surface area contributed by atoms with Crippen LogP contribution in [-0.2, 0) is 43.2 Å². The molecule has 0 radical (unpaired) electrons. The molecule has 0 aliphatic carbocycles. The molecule has 0 aliphatic rings. The lowest BCUT2D eigenvalue weighted by Gasteiger charge is -2.26. The quantitative estimate of drug-likeness (QED) is 0.0226. The number of aliphatic hydroxyl groups is 2. The van der Waals surface area contributed by atoms with Gasteiger partial charge in [0, 0.05) is 58.2 Å². The van der Waals surface area contributed by atoms with Crippen molar-refractivity contribution in [3.63, 3.8) is 0 Å². The second kappa shape index (κ2) is 39.0.